The number of ether oxygens (including phenoxy) is 1. The van der Waals surface area contributed by atoms with Crippen LogP contribution in [0.3, 0.4) is 0 Å². The van der Waals surface area contributed by atoms with Gasteiger partial charge in [-0.2, -0.15) is 0 Å². The standard InChI is InChI=1S/C11H18N2O/c1-4-10(8-14-3)13-11-6-5-7-12-9(11)2/h5-7,10,13H,4,8H2,1-3H3. The Kier molecular flexibility index (Phi) is 4.40. The second-order valence-corrected chi connectivity index (χ2v) is 3.34. The molecule has 1 aromatic heterocycles. The molecule has 3 nitrogen and oxygen atoms in total. The zero-order valence-electron chi connectivity index (χ0n) is 9.08. The van der Waals surface area contributed by atoms with Gasteiger partial charge in [-0.3, -0.25) is 4.98 Å². The first-order valence-electron chi connectivity index (χ1n) is 4.95. The lowest BCUT2D eigenvalue weighted by Crippen LogP contribution is -2.24. The van der Waals surface area contributed by atoms with E-state index < -0.39 is 0 Å². The van der Waals surface area contributed by atoms with Crippen molar-refractivity contribution in [3.05, 3.63) is 24.0 Å². The number of rotatable bonds is 5. The van der Waals surface area contributed by atoms with Crippen LogP contribution in [0.5, 0.6) is 0 Å². The van der Waals surface area contributed by atoms with Crippen molar-refractivity contribution in [2.24, 2.45) is 0 Å². The molecule has 0 aliphatic heterocycles. The van der Waals surface area contributed by atoms with E-state index in [0.29, 0.717) is 6.04 Å². The lowest BCUT2D eigenvalue weighted by Gasteiger charge is -2.18. The lowest BCUT2D eigenvalue weighted by molar-refractivity contribution is 0.184. The third-order valence-corrected chi connectivity index (χ3v) is 2.23. The van der Waals surface area contributed by atoms with Gasteiger partial charge in [0.15, 0.2) is 0 Å². The van der Waals surface area contributed by atoms with E-state index in [9.17, 15) is 0 Å². The van der Waals surface area contributed by atoms with E-state index >= 15 is 0 Å². The highest BCUT2D eigenvalue weighted by Gasteiger charge is 2.06. The summed E-state index contributed by atoms with van der Waals surface area (Å²) in [5.41, 5.74) is 2.12. The molecule has 0 spiro atoms. The minimum absolute atomic E-state index is 0.364. The first-order chi connectivity index (χ1) is 6.77. The number of aryl methyl sites for hydroxylation is 1. The molecule has 0 saturated carbocycles. The molecule has 0 aromatic carbocycles. The number of nitrogens with one attached hydrogen (secondary N) is 1. The van der Waals surface area contributed by atoms with Crippen molar-refractivity contribution in [1.29, 1.82) is 0 Å². The molecule has 0 saturated heterocycles. The van der Waals surface area contributed by atoms with E-state index in [0.717, 1.165) is 24.4 Å². The summed E-state index contributed by atoms with van der Waals surface area (Å²) in [5.74, 6) is 0. The van der Waals surface area contributed by atoms with Crippen LogP contribution >= 0.6 is 0 Å². The van der Waals surface area contributed by atoms with Crippen molar-refractivity contribution in [3.63, 3.8) is 0 Å². The Morgan fingerprint density at radius 1 is 1.57 bits per heavy atom. The summed E-state index contributed by atoms with van der Waals surface area (Å²) < 4.78 is 5.12. The molecule has 0 amide bonds. The van der Waals surface area contributed by atoms with Crippen molar-refractivity contribution >= 4 is 5.69 Å². The molecular formula is C11H18N2O. The largest absolute Gasteiger partial charge is 0.383 e. The fourth-order valence-electron chi connectivity index (χ4n) is 1.32. The highest BCUT2D eigenvalue weighted by molar-refractivity contribution is 5.47. The Hall–Kier alpha value is -1.09. The Balaban J connectivity index is 2.62. The van der Waals surface area contributed by atoms with Crippen molar-refractivity contribution in [3.8, 4) is 0 Å². The average Bonchev–Trinajstić information content (AvgIpc) is 2.20. The van der Waals surface area contributed by atoms with Gasteiger partial charge in [0.2, 0.25) is 0 Å². The molecule has 0 aliphatic carbocycles. The van der Waals surface area contributed by atoms with Gasteiger partial charge < -0.3 is 10.1 Å². The maximum absolute atomic E-state index is 5.12. The van der Waals surface area contributed by atoms with Crippen molar-refractivity contribution in [2.45, 2.75) is 26.3 Å². The zero-order chi connectivity index (χ0) is 10.4. The van der Waals surface area contributed by atoms with E-state index in [2.05, 4.69) is 17.2 Å². The number of hydrogen-bond acceptors (Lipinski definition) is 3. The molecule has 14 heavy (non-hydrogen) atoms. The first-order valence-corrected chi connectivity index (χ1v) is 4.95. The molecule has 1 atom stereocenters. The molecule has 78 valence electrons. The minimum Gasteiger partial charge on any atom is -0.383 e. The van der Waals surface area contributed by atoms with Gasteiger partial charge in [0.25, 0.3) is 0 Å². The number of anilines is 1. The van der Waals surface area contributed by atoms with Gasteiger partial charge >= 0.3 is 0 Å². The normalized spacial score (nSPS) is 12.5. The Bertz CT molecular complexity index is 276. The first kappa shape index (κ1) is 11.0. The molecule has 0 radical (unpaired) electrons. The second-order valence-electron chi connectivity index (χ2n) is 3.34. The van der Waals surface area contributed by atoms with Gasteiger partial charge in [-0.15, -0.1) is 0 Å². The fraction of sp³-hybridized carbons (Fsp3) is 0.545. The topological polar surface area (TPSA) is 34.1 Å². The predicted molar refractivity (Wildman–Crippen MR) is 58.6 cm³/mol. The summed E-state index contributed by atoms with van der Waals surface area (Å²) in [6, 6.07) is 4.35. The number of pyridine rings is 1. The highest BCUT2D eigenvalue weighted by Crippen LogP contribution is 2.12. The van der Waals surface area contributed by atoms with E-state index in [1.54, 1.807) is 13.3 Å². The smallest absolute Gasteiger partial charge is 0.0663 e. The van der Waals surface area contributed by atoms with Crippen LogP contribution in [0, 0.1) is 6.92 Å². The summed E-state index contributed by atoms with van der Waals surface area (Å²) in [7, 11) is 1.72. The van der Waals surface area contributed by atoms with Crippen LogP contribution < -0.4 is 5.32 Å². The summed E-state index contributed by atoms with van der Waals surface area (Å²) in [5, 5.41) is 3.41. The molecule has 1 N–H and O–H groups in total. The van der Waals surface area contributed by atoms with Gasteiger partial charge in [0.1, 0.15) is 0 Å². The van der Waals surface area contributed by atoms with Crippen molar-refractivity contribution < 1.29 is 4.74 Å². The summed E-state index contributed by atoms with van der Waals surface area (Å²) in [6.45, 7) is 4.87. The minimum atomic E-state index is 0.364. The Labute approximate surface area is 85.5 Å². The highest BCUT2D eigenvalue weighted by atomic mass is 16.5. The van der Waals surface area contributed by atoms with Crippen molar-refractivity contribution in [1.82, 2.24) is 4.98 Å². The SMILES string of the molecule is CCC(COC)Nc1cccnc1C. The number of nitrogens with zero attached hydrogens (tertiary/aromatic N) is 1. The van der Waals surface area contributed by atoms with Gasteiger partial charge in [-0.05, 0) is 25.5 Å². The molecule has 1 rings (SSSR count). The number of methoxy groups -OCH3 is 1. The van der Waals surface area contributed by atoms with E-state index in [1.807, 2.05) is 19.1 Å². The van der Waals surface area contributed by atoms with E-state index in [1.165, 1.54) is 0 Å². The number of aromatic nitrogens is 1. The van der Waals surface area contributed by atoms with Gasteiger partial charge in [-0.1, -0.05) is 6.92 Å². The van der Waals surface area contributed by atoms with Crippen molar-refractivity contribution in [2.75, 3.05) is 19.0 Å². The Morgan fingerprint density at radius 3 is 2.93 bits per heavy atom. The maximum Gasteiger partial charge on any atom is 0.0663 e. The van der Waals surface area contributed by atoms with Crippen LogP contribution in [0.2, 0.25) is 0 Å². The zero-order valence-corrected chi connectivity index (χ0v) is 9.08. The summed E-state index contributed by atoms with van der Waals surface area (Å²) in [6.07, 6.45) is 2.85. The van der Waals surface area contributed by atoms with Crippen LogP contribution in [-0.4, -0.2) is 24.7 Å². The molecule has 1 aromatic rings. The molecule has 3 heteroatoms. The quantitative estimate of drug-likeness (QED) is 0.780. The van der Waals surface area contributed by atoms with E-state index in [-0.39, 0.29) is 0 Å². The fourth-order valence-corrected chi connectivity index (χ4v) is 1.32. The maximum atomic E-state index is 5.12. The molecule has 0 fully saturated rings. The van der Waals surface area contributed by atoms with E-state index in [4.69, 9.17) is 4.74 Å². The molecule has 0 aliphatic rings. The molecule has 1 unspecified atom stereocenters. The third kappa shape index (κ3) is 3.00. The summed E-state index contributed by atoms with van der Waals surface area (Å²) in [4.78, 5) is 4.22. The second kappa shape index (κ2) is 5.60. The third-order valence-electron chi connectivity index (χ3n) is 2.23. The number of hydrogen-bond donors (Lipinski definition) is 1. The summed E-state index contributed by atoms with van der Waals surface area (Å²) >= 11 is 0. The molecule has 1 heterocycles. The van der Waals surface area contributed by atoms with Crippen LogP contribution in [-0.2, 0) is 4.74 Å². The molecular weight excluding hydrogens is 176 g/mol. The Morgan fingerprint density at radius 2 is 2.36 bits per heavy atom. The molecule has 0 bridgehead atoms. The lowest BCUT2D eigenvalue weighted by atomic mass is 10.2. The average molecular weight is 194 g/mol. The monoisotopic (exact) mass is 194 g/mol. The van der Waals surface area contributed by atoms with Crippen LogP contribution in [0.15, 0.2) is 18.3 Å². The van der Waals surface area contributed by atoms with Gasteiger partial charge in [0, 0.05) is 19.3 Å². The van der Waals surface area contributed by atoms with Gasteiger partial charge in [0.05, 0.1) is 18.0 Å². The van der Waals surface area contributed by atoms with Crippen LogP contribution in [0.25, 0.3) is 0 Å². The van der Waals surface area contributed by atoms with Gasteiger partial charge in [-0.25, -0.2) is 0 Å². The van der Waals surface area contributed by atoms with Crippen LogP contribution in [0.1, 0.15) is 19.0 Å². The van der Waals surface area contributed by atoms with Crippen LogP contribution in [0.4, 0.5) is 5.69 Å². The predicted octanol–water partition coefficient (Wildman–Crippen LogP) is 2.23.